The van der Waals surface area contributed by atoms with Crippen molar-refractivity contribution < 1.29 is 4.79 Å². The Morgan fingerprint density at radius 3 is 2.58 bits per heavy atom. The minimum atomic E-state index is 0.313. The van der Waals surface area contributed by atoms with Gasteiger partial charge in [-0.3, -0.25) is 9.69 Å². The maximum atomic E-state index is 12.9. The van der Waals surface area contributed by atoms with Gasteiger partial charge in [-0.05, 0) is 44.9 Å². The molecule has 4 rings (SSSR count). The van der Waals surface area contributed by atoms with Crippen LogP contribution in [0.3, 0.4) is 0 Å². The summed E-state index contributed by atoms with van der Waals surface area (Å²) in [6, 6.07) is 9.25. The Morgan fingerprint density at radius 2 is 1.88 bits per heavy atom. The van der Waals surface area contributed by atoms with Gasteiger partial charge in [0.25, 0.3) is 0 Å². The second-order valence-electron chi connectivity index (χ2n) is 7.22. The number of rotatable bonds is 6. The molecule has 0 saturated heterocycles. The third-order valence-corrected chi connectivity index (χ3v) is 6.12. The molecule has 2 fully saturated rings. The number of aromatic nitrogens is 1. The van der Waals surface area contributed by atoms with Crippen LogP contribution in [0.15, 0.2) is 24.3 Å². The van der Waals surface area contributed by atoms with Crippen LogP contribution in [0.5, 0.6) is 0 Å². The molecule has 2 aromatic rings. The SMILES string of the molecule is CN(CC(=O)N(C1CCCC1)C1CC1)Cc1nc2ccccc2s1. The molecule has 5 heteroatoms. The quantitative estimate of drug-likeness (QED) is 0.803. The number of amides is 1. The Hall–Kier alpha value is -1.46. The van der Waals surface area contributed by atoms with Crippen LogP contribution >= 0.6 is 11.3 Å². The first-order valence-corrected chi connectivity index (χ1v) is 9.86. The first kappa shape index (κ1) is 16.0. The number of para-hydroxylation sites is 1. The van der Waals surface area contributed by atoms with Gasteiger partial charge in [-0.15, -0.1) is 11.3 Å². The molecule has 0 spiro atoms. The zero-order valence-corrected chi connectivity index (χ0v) is 15.1. The van der Waals surface area contributed by atoms with E-state index in [1.807, 2.05) is 19.2 Å². The normalized spacial score (nSPS) is 18.6. The van der Waals surface area contributed by atoms with Gasteiger partial charge in [0.05, 0.1) is 23.3 Å². The van der Waals surface area contributed by atoms with Crippen LogP contribution < -0.4 is 0 Å². The van der Waals surface area contributed by atoms with Gasteiger partial charge in [0, 0.05) is 12.1 Å². The summed E-state index contributed by atoms with van der Waals surface area (Å²) in [6.07, 6.45) is 7.35. The zero-order chi connectivity index (χ0) is 16.5. The average Bonchev–Trinajstić information content (AvgIpc) is 3.08. The molecule has 2 aliphatic rings. The van der Waals surface area contributed by atoms with Crippen LogP contribution in [-0.4, -0.2) is 46.4 Å². The fourth-order valence-corrected chi connectivity index (χ4v) is 4.88. The minimum absolute atomic E-state index is 0.313. The summed E-state index contributed by atoms with van der Waals surface area (Å²) < 4.78 is 1.22. The molecule has 0 unspecified atom stereocenters. The topological polar surface area (TPSA) is 36.4 Å². The molecule has 0 bridgehead atoms. The van der Waals surface area contributed by atoms with E-state index in [2.05, 4.69) is 26.9 Å². The molecule has 0 aliphatic heterocycles. The molecule has 1 aromatic heterocycles. The molecular formula is C19H25N3OS. The van der Waals surface area contributed by atoms with Gasteiger partial charge in [0.2, 0.25) is 5.91 Å². The van der Waals surface area contributed by atoms with Gasteiger partial charge >= 0.3 is 0 Å². The summed E-state index contributed by atoms with van der Waals surface area (Å²) >= 11 is 1.73. The van der Waals surface area contributed by atoms with Gasteiger partial charge < -0.3 is 4.90 Å². The Balaban J connectivity index is 1.39. The van der Waals surface area contributed by atoms with Crippen molar-refractivity contribution in [2.45, 2.75) is 57.2 Å². The lowest BCUT2D eigenvalue weighted by Gasteiger charge is -2.30. The van der Waals surface area contributed by atoms with Crippen LogP contribution in [0.25, 0.3) is 10.2 Å². The van der Waals surface area contributed by atoms with Gasteiger partial charge in [-0.2, -0.15) is 0 Å². The van der Waals surface area contributed by atoms with E-state index in [9.17, 15) is 4.79 Å². The number of carbonyl (C=O) groups is 1. The molecule has 1 heterocycles. The number of hydrogen-bond acceptors (Lipinski definition) is 4. The van der Waals surface area contributed by atoms with E-state index < -0.39 is 0 Å². The predicted molar refractivity (Wildman–Crippen MR) is 98.1 cm³/mol. The Kier molecular flexibility index (Phi) is 4.55. The Labute approximate surface area is 147 Å². The molecule has 4 nitrogen and oxygen atoms in total. The highest BCUT2D eigenvalue weighted by Gasteiger charge is 2.38. The third kappa shape index (κ3) is 3.47. The number of nitrogens with zero attached hydrogens (tertiary/aromatic N) is 3. The average molecular weight is 343 g/mol. The summed E-state index contributed by atoms with van der Waals surface area (Å²) in [7, 11) is 2.03. The largest absolute Gasteiger partial charge is 0.336 e. The predicted octanol–water partition coefficient (Wildman–Crippen LogP) is 3.66. The number of hydrogen-bond donors (Lipinski definition) is 0. The van der Waals surface area contributed by atoms with Gasteiger partial charge in [-0.25, -0.2) is 4.98 Å². The van der Waals surface area contributed by atoms with Crippen molar-refractivity contribution in [3.8, 4) is 0 Å². The fourth-order valence-electron chi connectivity index (χ4n) is 3.83. The van der Waals surface area contributed by atoms with Gasteiger partial charge in [0.1, 0.15) is 5.01 Å². The molecule has 0 radical (unpaired) electrons. The molecule has 24 heavy (non-hydrogen) atoms. The van der Waals surface area contributed by atoms with E-state index in [-0.39, 0.29) is 0 Å². The maximum Gasteiger partial charge on any atom is 0.237 e. The first-order chi connectivity index (χ1) is 11.7. The molecule has 128 valence electrons. The highest BCUT2D eigenvalue weighted by molar-refractivity contribution is 7.18. The van der Waals surface area contributed by atoms with Crippen LogP contribution in [0.1, 0.15) is 43.5 Å². The zero-order valence-electron chi connectivity index (χ0n) is 14.3. The lowest BCUT2D eigenvalue weighted by Crippen LogP contribution is -2.45. The second kappa shape index (κ2) is 6.81. The summed E-state index contributed by atoms with van der Waals surface area (Å²) in [5.74, 6) is 0.313. The van der Waals surface area contributed by atoms with Crippen molar-refractivity contribution in [3.05, 3.63) is 29.3 Å². The number of carbonyl (C=O) groups excluding carboxylic acids is 1. The molecule has 2 saturated carbocycles. The molecule has 0 atom stereocenters. The highest BCUT2D eigenvalue weighted by Crippen LogP contribution is 2.34. The van der Waals surface area contributed by atoms with E-state index in [4.69, 9.17) is 0 Å². The molecule has 1 aromatic carbocycles. The van der Waals surface area contributed by atoms with E-state index in [0.717, 1.165) is 17.1 Å². The summed E-state index contributed by atoms with van der Waals surface area (Å²) in [5.41, 5.74) is 1.06. The van der Waals surface area contributed by atoms with Crippen molar-refractivity contribution in [3.63, 3.8) is 0 Å². The van der Waals surface area contributed by atoms with E-state index in [1.165, 1.54) is 43.2 Å². The van der Waals surface area contributed by atoms with Crippen LogP contribution in [0.4, 0.5) is 0 Å². The smallest absolute Gasteiger partial charge is 0.237 e. The highest BCUT2D eigenvalue weighted by atomic mass is 32.1. The first-order valence-electron chi connectivity index (χ1n) is 9.05. The van der Waals surface area contributed by atoms with E-state index in [1.54, 1.807) is 11.3 Å². The number of benzene rings is 1. The Morgan fingerprint density at radius 1 is 1.17 bits per heavy atom. The van der Waals surface area contributed by atoms with Crippen LogP contribution in [-0.2, 0) is 11.3 Å². The lowest BCUT2D eigenvalue weighted by atomic mass is 10.2. The van der Waals surface area contributed by atoms with Crippen molar-refractivity contribution in [1.29, 1.82) is 0 Å². The standard InChI is InChI=1S/C19H25N3OS/c1-21(12-18-20-16-8-4-5-9-17(16)24-18)13-19(23)22(15-10-11-15)14-6-2-3-7-14/h4-5,8-9,14-15H,2-3,6-7,10-13H2,1H3. The van der Waals surface area contributed by atoms with Crippen LogP contribution in [0, 0.1) is 0 Å². The second-order valence-corrected chi connectivity index (χ2v) is 8.33. The van der Waals surface area contributed by atoms with E-state index >= 15 is 0 Å². The fraction of sp³-hybridized carbons (Fsp3) is 0.579. The molecule has 1 amide bonds. The number of thiazole rings is 1. The van der Waals surface area contributed by atoms with E-state index in [0.29, 0.717) is 24.5 Å². The summed E-state index contributed by atoms with van der Waals surface area (Å²) in [6.45, 7) is 1.25. The number of likely N-dealkylation sites (N-methyl/N-ethyl adjacent to an activating group) is 1. The lowest BCUT2D eigenvalue weighted by molar-refractivity contribution is -0.135. The summed E-state index contributed by atoms with van der Waals surface area (Å²) in [5, 5.41) is 1.09. The minimum Gasteiger partial charge on any atom is -0.336 e. The maximum absolute atomic E-state index is 12.9. The van der Waals surface area contributed by atoms with Gasteiger partial charge in [0.15, 0.2) is 0 Å². The monoisotopic (exact) mass is 343 g/mol. The van der Waals surface area contributed by atoms with Crippen molar-refractivity contribution in [2.24, 2.45) is 0 Å². The molecular weight excluding hydrogens is 318 g/mol. The Bertz CT molecular complexity index is 685. The van der Waals surface area contributed by atoms with Crippen molar-refractivity contribution in [1.82, 2.24) is 14.8 Å². The third-order valence-electron chi connectivity index (χ3n) is 5.09. The number of fused-ring (bicyclic) bond motifs is 1. The van der Waals surface area contributed by atoms with Gasteiger partial charge in [-0.1, -0.05) is 25.0 Å². The molecule has 2 aliphatic carbocycles. The van der Waals surface area contributed by atoms with Crippen LogP contribution in [0.2, 0.25) is 0 Å². The van der Waals surface area contributed by atoms with Crippen molar-refractivity contribution >= 4 is 27.5 Å². The van der Waals surface area contributed by atoms with Crippen molar-refractivity contribution in [2.75, 3.05) is 13.6 Å². The summed E-state index contributed by atoms with van der Waals surface area (Å²) in [4.78, 5) is 21.9. The molecule has 0 N–H and O–H groups in total.